The zero-order chi connectivity index (χ0) is 12.3. The third kappa shape index (κ3) is 2.77. The van der Waals surface area contributed by atoms with Gasteiger partial charge in [-0.2, -0.15) is 0 Å². The first kappa shape index (κ1) is 12.4. The van der Waals surface area contributed by atoms with E-state index >= 15 is 0 Å². The number of nitrogens with zero attached hydrogens (tertiary/aromatic N) is 1. The lowest BCUT2D eigenvalue weighted by Gasteiger charge is -2.32. The molecule has 1 aromatic carbocycles. The molecule has 17 heavy (non-hydrogen) atoms. The highest BCUT2D eigenvalue weighted by molar-refractivity contribution is 14.1. The zero-order valence-corrected chi connectivity index (χ0v) is 11.6. The summed E-state index contributed by atoms with van der Waals surface area (Å²) in [6.45, 7) is 4.53. The molecule has 0 N–H and O–H groups in total. The molecule has 0 aromatic heterocycles. The minimum absolute atomic E-state index is 0.138. The van der Waals surface area contributed by atoms with Crippen molar-refractivity contribution in [2.24, 2.45) is 0 Å². The fraction of sp³-hybridized carbons (Fsp3) is 0.214. The summed E-state index contributed by atoms with van der Waals surface area (Å²) in [5, 5.41) is 0. The van der Waals surface area contributed by atoms with Crippen LogP contribution < -0.4 is 0 Å². The Balaban J connectivity index is 2.34. The molecular weight excluding hydrogens is 325 g/mol. The molecule has 88 valence electrons. The van der Waals surface area contributed by atoms with Gasteiger partial charge in [0, 0.05) is 22.7 Å². The maximum absolute atomic E-state index is 11.6. The quantitative estimate of drug-likeness (QED) is 0.622. The van der Waals surface area contributed by atoms with Crippen molar-refractivity contribution < 1.29 is 4.79 Å². The van der Waals surface area contributed by atoms with Gasteiger partial charge in [-0.3, -0.25) is 4.79 Å². The maximum atomic E-state index is 11.6. The summed E-state index contributed by atoms with van der Waals surface area (Å²) >= 11 is 2.32. The highest BCUT2D eigenvalue weighted by Gasteiger charge is 2.24. The van der Waals surface area contributed by atoms with E-state index in [4.69, 9.17) is 0 Å². The van der Waals surface area contributed by atoms with Crippen LogP contribution in [0.25, 0.3) is 0 Å². The van der Waals surface area contributed by atoms with Gasteiger partial charge in [0.25, 0.3) is 0 Å². The number of hydrogen-bond donors (Lipinski definition) is 0. The van der Waals surface area contributed by atoms with Gasteiger partial charge in [-0.1, -0.05) is 24.3 Å². The normalized spacial score (nSPS) is 19.5. The Bertz CT molecular complexity index is 467. The van der Waals surface area contributed by atoms with Crippen LogP contribution in [0, 0.1) is 3.57 Å². The van der Waals surface area contributed by atoms with Crippen molar-refractivity contribution in [2.75, 3.05) is 6.54 Å². The van der Waals surface area contributed by atoms with Gasteiger partial charge in [0.2, 0.25) is 0 Å². The monoisotopic (exact) mass is 339 g/mol. The van der Waals surface area contributed by atoms with Gasteiger partial charge in [-0.05, 0) is 40.3 Å². The molecule has 0 spiro atoms. The highest BCUT2D eigenvalue weighted by Crippen LogP contribution is 2.31. The van der Waals surface area contributed by atoms with Crippen LogP contribution >= 0.6 is 22.6 Å². The molecule has 0 unspecified atom stereocenters. The van der Waals surface area contributed by atoms with Crippen molar-refractivity contribution >= 4 is 28.4 Å². The van der Waals surface area contributed by atoms with Crippen molar-refractivity contribution in [3.63, 3.8) is 0 Å². The Morgan fingerprint density at radius 3 is 2.94 bits per heavy atom. The van der Waals surface area contributed by atoms with Crippen molar-refractivity contribution in [3.05, 3.63) is 58.3 Å². The summed E-state index contributed by atoms with van der Waals surface area (Å²) in [7, 11) is 0. The van der Waals surface area contributed by atoms with Gasteiger partial charge in [0.1, 0.15) is 0 Å². The molecule has 0 saturated carbocycles. The Morgan fingerprint density at radius 1 is 1.47 bits per heavy atom. The molecule has 1 aliphatic heterocycles. The molecular formula is C14H14INO. The van der Waals surface area contributed by atoms with Gasteiger partial charge < -0.3 is 4.90 Å². The van der Waals surface area contributed by atoms with Crippen LogP contribution in [0.4, 0.5) is 0 Å². The molecule has 1 aromatic rings. The van der Waals surface area contributed by atoms with Crippen LogP contribution in [0.2, 0.25) is 0 Å². The standard InChI is InChI=1S/C14H14INO/c1-2-8-16-9-7-11(17)10-14(16)12-5-3-4-6-13(12)15/h2-7,9,14H,1,8,10H2/t14-/m1/s1. The number of benzene rings is 1. The van der Waals surface area contributed by atoms with Crippen molar-refractivity contribution in [3.8, 4) is 0 Å². The first-order valence-corrected chi connectivity index (χ1v) is 6.62. The minimum Gasteiger partial charge on any atom is -0.366 e. The van der Waals surface area contributed by atoms with Gasteiger partial charge in [-0.15, -0.1) is 6.58 Å². The second-order valence-electron chi connectivity index (χ2n) is 4.01. The number of allylic oxidation sites excluding steroid dienone is 1. The molecule has 2 rings (SSSR count). The van der Waals surface area contributed by atoms with Crippen LogP contribution in [0.3, 0.4) is 0 Å². The maximum Gasteiger partial charge on any atom is 0.159 e. The molecule has 0 fully saturated rings. The van der Waals surface area contributed by atoms with E-state index in [2.05, 4.69) is 46.2 Å². The molecule has 1 heterocycles. The Hall–Kier alpha value is -1.10. The molecule has 0 aliphatic carbocycles. The molecule has 0 bridgehead atoms. The van der Waals surface area contributed by atoms with Crippen molar-refractivity contribution in [2.45, 2.75) is 12.5 Å². The number of rotatable bonds is 3. The van der Waals surface area contributed by atoms with Crippen molar-refractivity contribution in [1.82, 2.24) is 4.90 Å². The predicted octanol–water partition coefficient (Wildman–Crippen LogP) is 3.31. The topological polar surface area (TPSA) is 20.3 Å². The lowest BCUT2D eigenvalue weighted by molar-refractivity contribution is -0.116. The summed E-state index contributed by atoms with van der Waals surface area (Å²) < 4.78 is 1.20. The molecule has 0 amide bonds. The van der Waals surface area contributed by atoms with Crippen LogP contribution in [0.5, 0.6) is 0 Å². The third-order valence-electron chi connectivity index (χ3n) is 2.85. The van der Waals surface area contributed by atoms with E-state index in [-0.39, 0.29) is 11.8 Å². The molecule has 0 radical (unpaired) electrons. The van der Waals surface area contributed by atoms with E-state index in [0.29, 0.717) is 6.42 Å². The summed E-state index contributed by atoms with van der Waals surface area (Å²) in [5.74, 6) is 0.190. The number of halogens is 1. The third-order valence-corrected chi connectivity index (χ3v) is 3.83. The van der Waals surface area contributed by atoms with Crippen molar-refractivity contribution in [1.29, 1.82) is 0 Å². The van der Waals surface area contributed by atoms with Crippen LogP contribution in [0.15, 0.2) is 49.2 Å². The largest absolute Gasteiger partial charge is 0.366 e. The molecule has 1 aliphatic rings. The van der Waals surface area contributed by atoms with E-state index in [1.165, 1.54) is 9.13 Å². The first-order valence-electron chi connectivity index (χ1n) is 5.54. The van der Waals surface area contributed by atoms with E-state index in [1.807, 2.05) is 24.4 Å². The fourth-order valence-electron chi connectivity index (χ4n) is 2.03. The van der Waals surface area contributed by atoms with E-state index < -0.39 is 0 Å². The number of carbonyl (C=O) groups is 1. The van der Waals surface area contributed by atoms with Gasteiger partial charge in [0.05, 0.1) is 6.04 Å². The summed E-state index contributed by atoms with van der Waals surface area (Å²) in [5.41, 5.74) is 1.22. The SMILES string of the molecule is C=CCN1C=CC(=O)C[C@@H]1c1ccccc1I. The van der Waals surface area contributed by atoms with Crippen LogP contribution in [0.1, 0.15) is 18.0 Å². The zero-order valence-electron chi connectivity index (χ0n) is 9.47. The number of ketones is 1. The first-order chi connectivity index (χ1) is 8.22. The highest BCUT2D eigenvalue weighted by atomic mass is 127. The Kier molecular flexibility index (Phi) is 3.99. The lowest BCUT2D eigenvalue weighted by atomic mass is 9.97. The van der Waals surface area contributed by atoms with E-state index in [9.17, 15) is 4.79 Å². The summed E-state index contributed by atoms with van der Waals surface area (Å²) in [6, 6.07) is 8.34. The number of hydrogen-bond acceptors (Lipinski definition) is 2. The average molecular weight is 339 g/mol. The number of carbonyl (C=O) groups excluding carboxylic acids is 1. The minimum atomic E-state index is 0.138. The second kappa shape index (κ2) is 5.49. The molecule has 3 heteroatoms. The average Bonchev–Trinajstić information content (AvgIpc) is 2.32. The van der Waals surface area contributed by atoms with E-state index in [1.54, 1.807) is 6.08 Å². The van der Waals surface area contributed by atoms with Gasteiger partial charge in [0.15, 0.2) is 5.78 Å². The lowest BCUT2D eigenvalue weighted by Crippen LogP contribution is -2.29. The molecule has 0 saturated heterocycles. The van der Waals surface area contributed by atoms with Gasteiger partial charge in [-0.25, -0.2) is 0 Å². The van der Waals surface area contributed by atoms with Crippen LogP contribution in [-0.4, -0.2) is 17.2 Å². The summed E-state index contributed by atoms with van der Waals surface area (Å²) in [6.07, 6.45) is 5.93. The fourth-order valence-corrected chi connectivity index (χ4v) is 2.78. The van der Waals surface area contributed by atoms with Crippen LogP contribution in [-0.2, 0) is 4.79 Å². The molecule has 2 nitrogen and oxygen atoms in total. The Morgan fingerprint density at radius 2 is 2.24 bits per heavy atom. The van der Waals surface area contributed by atoms with E-state index in [0.717, 1.165) is 6.54 Å². The Labute approximate surface area is 115 Å². The predicted molar refractivity (Wildman–Crippen MR) is 77.6 cm³/mol. The summed E-state index contributed by atoms with van der Waals surface area (Å²) in [4.78, 5) is 13.7. The molecule has 1 atom stereocenters. The second-order valence-corrected chi connectivity index (χ2v) is 5.17. The smallest absolute Gasteiger partial charge is 0.159 e. The van der Waals surface area contributed by atoms with Gasteiger partial charge >= 0.3 is 0 Å².